The second-order valence-corrected chi connectivity index (χ2v) is 6.32. The molecule has 2 aromatic rings. The third kappa shape index (κ3) is 3.63. The van der Waals surface area contributed by atoms with E-state index < -0.39 is 4.92 Å². The van der Waals surface area contributed by atoms with Crippen LogP contribution in [0.2, 0.25) is 10.0 Å². The molecule has 118 valence electrons. The van der Waals surface area contributed by atoms with E-state index in [-0.39, 0.29) is 23.4 Å². The van der Waals surface area contributed by atoms with Crippen LogP contribution in [0.4, 0.5) is 11.4 Å². The highest BCUT2D eigenvalue weighted by atomic mass is 35.5. The van der Waals surface area contributed by atoms with Crippen molar-refractivity contribution in [3.8, 4) is 0 Å². The number of rotatable bonds is 4. The number of carbonyl (C=O) groups is 1. The summed E-state index contributed by atoms with van der Waals surface area (Å²) < 4.78 is 0. The number of nitro benzene ring substituents is 1. The third-order valence-electron chi connectivity index (χ3n) is 3.76. The topological polar surface area (TPSA) is 72.2 Å². The molecular weight excluding hydrogens is 339 g/mol. The summed E-state index contributed by atoms with van der Waals surface area (Å²) in [5, 5.41) is 14.6. The molecule has 1 aliphatic carbocycles. The lowest BCUT2D eigenvalue weighted by Crippen LogP contribution is -2.14. The lowest BCUT2D eigenvalue weighted by Gasteiger charge is -2.05. The summed E-state index contributed by atoms with van der Waals surface area (Å²) in [4.78, 5) is 22.5. The first kappa shape index (κ1) is 15.8. The first-order chi connectivity index (χ1) is 10.9. The molecule has 1 saturated carbocycles. The molecule has 0 aromatic heterocycles. The number of hydrogen-bond donors (Lipinski definition) is 1. The average Bonchev–Trinajstić information content (AvgIpc) is 3.27. The number of benzene rings is 2. The van der Waals surface area contributed by atoms with Gasteiger partial charge in [0.15, 0.2) is 0 Å². The van der Waals surface area contributed by atoms with Crippen molar-refractivity contribution >= 4 is 40.5 Å². The Labute approximate surface area is 142 Å². The minimum atomic E-state index is -0.496. The molecule has 0 aliphatic heterocycles. The molecule has 23 heavy (non-hydrogen) atoms. The maximum atomic E-state index is 12.3. The van der Waals surface area contributed by atoms with E-state index in [1.165, 1.54) is 18.2 Å². The maximum absolute atomic E-state index is 12.3. The molecule has 2 aromatic carbocycles. The van der Waals surface area contributed by atoms with Crippen molar-refractivity contribution in [2.24, 2.45) is 5.92 Å². The van der Waals surface area contributed by atoms with E-state index in [1.54, 1.807) is 24.3 Å². The predicted molar refractivity (Wildman–Crippen MR) is 89.0 cm³/mol. The molecule has 2 unspecified atom stereocenters. The van der Waals surface area contributed by atoms with Gasteiger partial charge in [0, 0.05) is 33.8 Å². The van der Waals surface area contributed by atoms with Crippen LogP contribution in [-0.2, 0) is 4.79 Å². The SMILES string of the molecule is O=C(Nc1cccc([N+](=O)[O-])c1)C1CC1c1cc(Cl)cc(Cl)c1. The van der Waals surface area contributed by atoms with Crippen molar-refractivity contribution in [2.75, 3.05) is 5.32 Å². The molecule has 7 heteroatoms. The fourth-order valence-electron chi connectivity index (χ4n) is 2.57. The van der Waals surface area contributed by atoms with E-state index in [0.29, 0.717) is 22.2 Å². The number of hydrogen-bond acceptors (Lipinski definition) is 3. The molecule has 1 N–H and O–H groups in total. The van der Waals surface area contributed by atoms with Gasteiger partial charge in [-0.05, 0) is 42.2 Å². The van der Waals surface area contributed by atoms with Crippen LogP contribution in [0.5, 0.6) is 0 Å². The van der Waals surface area contributed by atoms with E-state index in [0.717, 1.165) is 5.56 Å². The Morgan fingerprint density at radius 1 is 1.17 bits per heavy atom. The zero-order valence-corrected chi connectivity index (χ0v) is 13.3. The van der Waals surface area contributed by atoms with E-state index >= 15 is 0 Å². The highest BCUT2D eigenvalue weighted by Gasteiger charge is 2.44. The molecule has 1 amide bonds. The van der Waals surface area contributed by atoms with E-state index in [9.17, 15) is 14.9 Å². The second kappa shape index (κ2) is 6.18. The van der Waals surface area contributed by atoms with Crippen molar-refractivity contribution in [1.29, 1.82) is 0 Å². The fourth-order valence-corrected chi connectivity index (χ4v) is 3.12. The van der Waals surface area contributed by atoms with Crippen LogP contribution < -0.4 is 5.32 Å². The second-order valence-electron chi connectivity index (χ2n) is 5.45. The van der Waals surface area contributed by atoms with Crippen LogP contribution in [0.15, 0.2) is 42.5 Å². The van der Waals surface area contributed by atoms with Gasteiger partial charge in [-0.2, -0.15) is 0 Å². The van der Waals surface area contributed by atoms with Crippen LogP contribution in [0.1, 0.15) is 17.9 Å². The van der Waals surface area contributed by atoms with Crippen molar-refractivity contribution in [3.63, 3.8) is 0 Å². The summed E-state index contributed by atoms with van der Waals surface area (Å²) in [6.45, 7) is 0. The minimum absolute atomic E-state index is 0.0585. The number of anilines is 1. The quantitative estimate of drug-likeness (QED) is 0.644. The molecule has 5 nitrogen and oxygen atoms in total. The Morgan fingerprint density at radius 3 is 2.52 bits per heavy atom. The summed E-state index contributed by atoms with van der Waals surface area (Å²) in [6.07, 6.45) is 0.706. The fraction of sp³-hybridized carbons (Fsp3) is 0.188. The summed E-state index contributed by atoms with van der Waals surface area (Å²) in [6, 6.07) is 11.1. The van der Waals surface area contributed by atoms with Gasteiger partial charge in [-0.15, -0.1) is 0 Å². The molecule has 2 atom stereocenters. The van der Waals surface area contributed by atoms with Crippen LogP contribution in [0, 0.1) is 16.0 Å². The van der Waals surface area contributed by atoms with Gasteiger partial charge in [0.05, 0.1) is 4.92 Å². The van der Waals surface area contributed by atoms with Crippen LogP contribution in [0.3, 0.4) is 0 Å². The number of nitrogens with one attached hydrogen (secondary N) is 1. The molecule has 0 spiro atoms. The average molecular weight is 351 g/mol. The van der Waals surface area contributed by atoms with Crippen LogP contribution in [0.25, 0.3) is 0 Å². The highest BCUT2D eigenvalue weighted by Crippen LogP contribution is 2.49. The van der Waals surface area contributed by atoms with E-state index in [2.05, 4.69) is 5.32 Å². The lowest BCUT2D eigenvalue weighted by molar-refractivity contribution is -0.384. The normalized spacial score (nSPS) is 19.2. The molecule has 0 bridgehead atoms. The number of halogens is 2. The monoisotopic (exact) mass is 350 g/mol. The van der Waals surface area contributed by atoms with Gasteiger partial charge in [-0.1, -0.05) is 29.3 Å². The molecule has 0 saturated heterocycles. The predicted octanol–water partition coefficient (Wildman–Crippen LogP) is 4.64. The summed E-state index contributed by atoms with van der Waals surface area (Å²) >= 11 is 12.0. The van der Waals surface area contributed by atoms with E-state index in [1.807, 2.05) is 0 Å². The van der Waals surface area contributed by atoms with Gasteiger partial charge in [-0.3, -0.25) is 14.9 Å². The van der Waals surface area contributed by atoms with Gasteiger partial charge in [0.1, 0.15) is 0 Å². The van der Waals surface area contributed by atoms with Crippen molar-refractivity contribution in [2.45, 2.75) is 12.3 Å². The Hall–Kier alpha value is -2.11. The standard InChI is InChI=1S/C16H12Cl2N2O3/c17-10-4-9(5-11(18)6-10)14-8-15(14)16(21)19-12-2-1-3-13(7-12)20(22)23/h1-7,14-15H,8H2,(H,19,21). The van der Waals surface area contributed by atoms with Gasteiger partial charge in [-0.25, -0.2) is 0 Å². The largest absolute Gasteiger partial charge is 0.326 e. The number of amides is 1. The summed E-state index contributed by atoms with van der Waals surface area (Å²) in [5.41, 5.74) is 1.29. The Kier molecular flexibility index (Phi) is 4.24. The zero-order valence-electron chi connectivity index (χ0n) is 11.8. The molecule has 0 heterocycles. The Bertz CT molecular complexity index is 774. The number of non-ortho nitro benzene ring substituents is 1. The smallest absolute Gasteiger partial charge is 0.271 e. The zero-order chi connectivity index (χ0) is 16.6. The minimum Gasteiger partial charge on any atom is -0.326 e. The van der Waals surface area contributed by atoms with Crippen molar-refractivity contribution in [3.05, 3.63) is 68.2 Å². The molecule has 1 aliphatic rings. The number of nitro groups is 1. The van der Waals surface area contributed by atoms with Gasteiger partial charge >= 0.3 is 0 Å². The number of carbonyl (C=O) groups excluding carboxylic acids is 1. The first-order valence-electron chi connectivity index (χ1n) is 6.95. The molecule has 1 fully saturated rings. The van der Waals surface area contributed by atoms with E-state index in [4.69, 9.17) is 23.2 Å². The Balaban J connectivity index is 1.69. The lowest BCUT2D eigenvalue weighted by atomic mass is 10.1. The first-order valence-corrected chi connectivity index (χ1v) is 7.71. The van der Waals surface area contributed by atoms with Crippen molar-refractivity contribution in [1.82, 2.24) is 0 Å². The number of nitrogens with zero attached hydrogens (tertiary/aromatic N) is 1. The molecular formula is C16H12Cl2N2O3. The third-order valence-corrected chi connectivity index (χ3v) is 4.20. The van der Waals surface area contributed by atoms with Gasteiger partial charge in [0.25, 0.3) is 5.69 Å². The van der Waals surface area contributed by atoms with Gasteiger partial charge < -0.3 is 5.32 Å². The molecule has 0 radical (unpaired) electrons. The summed E-state index contributed by atoms with van der Waals surface area (Å²) in [5.74, 6) is -0.264. The Morgan fingerprint density at radius 2 is 1.87 bits per heavy atom. The maximum Gasteiger partial charge on any atom is 0.271 e. The van der Waals surface area contributed by atoms with Crippen LogP contribution in [-0.4, -0.2) is 10.8 Å². The van der Waals surface area contributed by atoms with Gasteiger partial charge in [0.2, 0.25) is 5.91 Å². The van der Waals surface area contributed by atoms with Crippen LogP contribution >= 0.6 is 23.2 Å². The molecule has 3 rings (SSSR count). The highest BCUT2D eigenvalue weighted by molar-refractivity contribution is 6.34. The summed E-state index contributed by atoms with van der Waals surface area (Å²) in [7, 11) is 0. The van der Waals surface area contributed by atoms with Crippen molar-refractivity contribution < 1.29 is 9.72 Å².